The molecule has 0 rings (SSSR count). The van der Waals surface area contributed by atoms with Crippen LogP contribution in [0.1, 0.15) is 41.0 Å². The number of ether oxygens (including phenoxy) is 1. The smallest absolute Gasteiger partial charge is 0.341 e. The Morgan fingerprint density at radius 3 is 1.85 bits per heavy atom. The predicted octanol–water partition coefficient (Wildman–Crippen LogP) is 1.99. The maximum absolute atomic E-state index is 11.4. The number of aliphatic hydroxyl groups is 2. The van der Waals surface area contributed by atoms with E-state index in [1.165, 1.54) is 6.92 Å². The van der Waals surface area contributed by atoms with Crippen LogP contribution in [0.25, 0.3) is 0 Å². The van der Waals surface area contributed by atoms with Crippen molar-refractivity contribution in [3.05, 3.63) is 23.8 Å². The minimum Gasteiger partial charge on any atom is -0.394 e. The summed E-state index contributed by atoms with van der Waals surface area (Å²) in [5, 5.41) is 15.2. The van der Waals surface area contributed by atoms with Crippen molar-refractivity contribution in [2.75, 3.05) is 13.2 Å². The van der Waals surface area contributed by atoms with Crippen molar-refractivity contribution in [3.8, 4) is 0 Å². The standard InChI is InChI=1S/C13H20O3.C2H6O2/c1-9(2)11(14)16-12(15)10(3)7-8-13(4,5)6;3-1-2-4/h7H,1,8H2,2-6H3;3-4H,1-2H2. The molecule has 0 unspecified atom stereocenters. The second-order valence-electron chi connectivity index (χ2n) is 5.56. The van der Waals surface area contributed by atoms with Crippen molar-refractivity contribution in [2.45, 2.75) is 41.0 Å². The van der Waals surface area contributed by atoms with Crippen molar-refractivity contribution in [1.29, 1.82) is 0 Å². The summed E-state index contributed by atoms with van der Waals surface area (Å²) in [6, 6.07) is 0. The van der Waals surface area contributed by atoms with E-state index in [1.807, 2.05) is 0 Å². The van der Waals surface area contributed by atoms with Crippen LogP contribution in [-0.2, 0) is 14.3 Å². The summed E-state index contributed by atoms with van der Waals surface area (Å²) in [5.41, 5.74) is 0.779. The normalized spacial score (nSPS) is 11.2. The minimum atomic E-state index is -0.673. The van der Waals surface area contributed by atoms with E-state index < -0.39 is 11.9 Å². The molecule has 20 heavy (non-hydrogen) atoms. The van der Waals surface area contributed by atoms with Gasteiger partial charge in [0, 0.05) is 11.1 Å². The molecule has 0 spiro atoms. The third-order valence-corrected chi connectivity index (χ3v) is 1.98. The maximum atomic E-state index is 11.4. The van der Waals surface area contributed by atoms with Gasteiger partial charge in [-0.05, 0) is 25.7 Å². The van der Waals surface area contributed by atoms with E-state index in [0.29, 0.717) is 5.57 Å². The number of carbonyl (C=O) groups is 2. The SMILES string of the molecule is C=C(C)C(=O)OC(=O)C(C)=CCC(C)(C)C.OCCO. The molecule has 0 aliphatic heterocycles. The molecule has 2 N–H and O–H groups in total. The molecule has 116 valence electrons. The summed E-state index contributed by atoms with van der Waals surface area (Å²) in [4.78, 5) is 22.5. The molecule has 0 aromatic carbocycles. The van der Waals surface area contributed by atoms with Crippen molar-refractivity contribution in [3.63, 3.8) is 0 Å². The number of hydrogen-bond donors (Lipinski definition) is 2. The number of carbonyl (C=O) groups excluding carboxylic acids is 2. The highest BCUT2D eigenvalue weighted by atomic mass is 16.6. The van der Waals surface area contributed by atoms with Gasteiger partial charge in [0.25, 0.3) is 0 Å². The van der Waals surface area contributed by atoms with Crippen LogP contribution < -0.4 is 0 Å². The molecule has 0 bridgehead atoms. The van der Waals surface area contributed by atoms with Crippen LogP contribution in [0.4, 0.5) is 0 Å². The molecular formula is C15H26O5. The Hall–Kier alpha value is -1.46. The van der Waals surface area contributed by atoms with Gasteiger partial charge in [0.1, 0.15) is 0 Å². The molecular weight excluding hydrogens is 260 g/mol. The van der Waals surface area contributed by atoms with Crippen LogP contribution in [0, 0.1) is 5.41 Å². The molecule has 0 fully saturated rings. The topological polar surface area (TPSA) is 83.8 Å². The molecule has 0 saturated carbocycles. The molecule has 0 saturated heterocycles. The summed E-state index contributed by atoms with van der Waals surface area (Å²) < 4.78 is 4.59. The summed E-state index contributed by atoms with van der Waals surface area (Å²) in [5.74, 6) is -1.27. The van der Waals surface area contributed by atoms with E-state index in [-0.39, 0.29) is 24.2 Å². The van der Waals surface area contributed by atoms with Crippen molar-refractivity contribution in [1.82, 2.24) is 0 Å². The molecule has 0 radical (unpaired) electrons. The minimum absolute atomic E-state index is 0.111. The first-order valence-electron chi connectivity index (χ1n) is 6.35. The first-order valence-corrected chi connectivity index (χ1v) is 6.35. The molecule has 0 heterocycles. The van der Waals surface area contributed by atoms with E-state index in [1.54, 1.807) is 13.0 Å². The lowest BCUT2D eigenvalue weighted by molar-refractivity contribution is -0.153. The Morgan fingerprint density at radius 1 is 1.10 bits per heavy atom. The lowest BCUT2D eigenvalue weighted by Crippen LogP contribution is -2.14. The van der Waals surface area contributed by atoms with Crippen molar-refractivity contribution >= 4 is 11.9 Å². The molecule has 5 heteroatoms. The molecule has 5 nitrogen and oxygen atoms in total. The second kappa shape index (κ2) is 10.3. The van der Waals surface area contributed by atoms with Crippen LogP contribution in [0.15, 0.2) is 23.8 Å². The van der Waals surface area contributed by atoms with Crippen molar-refractivity contribution < 1.29 is 24.5 Å². The van der Waals surface area contributed by atoms with Crippen LogP contribution in [0.5, 0.6) is 0 Å². The molecule has 0 aliphatic rings. The summed E-state index contributed by atoms with van der Waals surface area (Å²) in [7, 11) is 0. The van der Waals surface area contributed by atoms with Gasteiger partial charge in [0.05, 0.1) is 13.2 Å². The second-order valence-corrected chi connectivity index (χ2v) is 5.56. The number of allylic oxidation sites excluding steroid dienone is 1. The van der Waals surface area contributed by atoms with Gasteiger partial charge in [-0.15, -0.1) is 0 Å². The Morgan fingerprint density at radius 2 is 1.55 bits per heavy atom. The van der Waals surface area contributed by atoms with Gasteiger partial charge in [-0.2, -0.15) is 0 Å². The van der Waals surface area contributed by atoms with E-state index in [9.17, 15) is 9.59 Å². The van der Waals surface area contributed by atoms with Gasteiger partial charge in [0.2, 0.25) is 0 Å². The third-order valence-electron chi connectivity index (χ3n) is 1.98. The van der Waals surface area contributed by atoms with E-state index >= 15 is 0 Å². The molecule has 0 aliphatic carbocycles. The largest absolute Gasteiger partial charge is 0.394 e. The predicted molar refractivity (Wildman–Crippen MR) is 77.9 cm³/mol. The van der Waals surface area contributed by atoms with E-state index in [2.05, 4.69) is 32.1 Å². The quantitative estimate of drug-likeness (QED) is 0.469. The Labute approximate surface area is 121 Å². The Bertz CT molecular complexity index is 359. The summed E-state index contributed by atoms with van der Waals surface area (Å²) >= 11 is 0. The fourth-order valence-electron chi connectivity index (χ4n) is 0.794. The third kappa shape index (κ3) is 13.0. The Balaban J connectivity index is 0. The highest BCUT2D eigenvalue weighted by molar-refractivity contribution is 6.00. The summed E-state index contributed by atoms with van der Waals surface area (Å²) in [6.07, 6.45) is 2.54. The first-order chi connectivity index (χ1) is 9.05. The van der Waals surface area contributed by atoms with Gasteiger partial charge < -0.3 is 14.9 Å². The van der Waals surface area contributed by atoms with Gasteiger partial charge in [-0.1, -0.05) is 33.4 Å². The monoisotopic (exact) mass is 286 g/mol. The van der Waals surface area contributed by atoms with E-state index in [0.717, 1.165) is 6.42 Å². The fourth-order valence-corrected chi connectivity index (χ4v) is 0.794. The molecule has 0 aromatic heterocycles. The zero-order valence-electron chi connectivity index (χ0n) is 13.0. The van der Waals surface area contributed by atoms with Gasteiger partial charge in [-0.25, -0.2) is 9.59 Å². The Kier molecular flexibility index (Phi) is 10.8. The highest BCUT2D eigenvalue weighted by Crippen LogP contribution is 2.20. The number of esters is 2. The van der Waals surface area contributed by atoms with Gasteiger partial charge in [0.15, 0.2) is 0 Å². The molecule has 0 atom stereocenters. The maximum Gasteiger partial charge on any atom is 0.341 e. The highest BCUT2D eigenvalue weighted by Gasteiger charge is 2.14. The van der Waals surface area contributed by atoms with Crippen molar-refractivity contribution in [2.24, 2.45) is 5.41 Å². The van der Waals surface area contributed by atoms with Crippen LogP contribution >= 0.6 is 0 Å². The number of aliphatic hydroxyl groups excluding tert-OH is 2. The summed E-state index contributed by atoms with van der Waals surface area (Å²) in [6.45, 7) is 12.5. The zero-order chi connectivity index (χ0) is 16.3. The fraction of sp³-hybridized carbons (Fsp3) is 0.600. The van der Waals surface area contributed by atoms with Gasteiger partial charge in [-0.3, -0.25) is 0 Å². The van der Waals surface area contributed by atoms with E-state index in [4.69, 9.17) is 10.2 Å². The molecule has 0 amide bonds. The zero-order valence-corrected chi connectivity index (χ0v) is 13.0. The average molecular weight is 286 g/mol. The van der Waals surface area contributed by atoms with Crippen LogP contribution in [0.3, 0.4) is 0 Å². The van der Waals surface area contributed by atoms with Gasteiger partial charge >= 0.3 is 11.9 Å². The van der Waals surface area contributed by atoms with Crippen LogP contribution in [0.2, 0.25) is 0 Å². The number of hydrogen-bond acceptors (Lipinski definition) is 5. The number of rotatable bonds is 4. The lowest BCUT2D eigenvalue weighted by atomic mass is 9.91. The first kappa shape index (κ1) is 20.8. The average Bonchev–Trinajstić information content (AvgIpc) is 2.34. The van der Waals surface area contributed by atoms with Crippen LogP contribution in [-0.4, -0.2) is 35.4 Å². The lowest BCUT2D eigenvalue weighted by Gasteiger charge is -2.15. The molecule has 0 aromatic rings.